The molecule has 2 aromatic carbocycles. The van der Waals surface area contributed by atoms with Crippen LogP contribution in [0.1, 0.15) is 28.4 Å². The molecule has 0 spiro atoms. The van der Waals surface area contributed by atoms with E-state index in [0.717, 1.165) is 5.56 Å². The minimum absolute atomic E-state index is 0.255. The summed E-state index contributed by atoms with van der Waals surface area (Å²) >= 11 is 0. The van der Waals surface area contributed by atoms with Crippen LogP contribution in [0.5, 0.6) is 11.5 Å². The lowest BCUT2D eigenvalue weighted by Gasteiger charge is -2.12. The van der Waals surface area contributed by atoms with Crippen LogP contribution >= 0.6 is 0 Å². The average molecular weight is 356 g/mol. The normalized spacial score (nSPS) is 10.5. The third-order valence-corrected chi connectivity index (χ3v) is 3.33. The van der Waals surface area contributed by atoms with Gasteiger partial charge in [-0.2, -0.15) is 5.10 Å². The molecule has 0 unspecified atom stereocenters. The highest BCUT2D eigenvalue weighted by molar-refractivity contribution is 5.95. The van der Waals surface area contributed by atoms with Gasteiger partial charge in [-0.1, -0.05) is 23.8 Å². The van der Waals surface area contributed by atoms with Gasteiger partial charge in [0, 0.05) is 11.1 Å². The number of rotatable bonds is 8. The van der Waals surface area contributed by atoms with Gasteiger partial charge in [0.15, 0.2) is 18.1 Å². The van der Waals surface area contributed by atoms with Gasteiger partial charge in [0.25, 0.3) is 5.91 Å². The highest BCUT2D eigenvalue weighted by Gasteiger charge is 2.12. The molecule has 0 aliphatic heterocycles. The predicted octanol–water partition coefficient (Wildman–Crippen LogP) is 2.62. The third kappa shape index (κ3) is 5.34. The molecule has 0 saturated carbocycles. The fourth-order valence-electron chi connectivity index (χ4n) is 2.12. The molecular weight excluding hydrogens is 336 g/mol. The standard InChI is InChI=1S/C19H20N2O5/c1-3-25-16-6-4-5-15(18(16)26-12-17(22)23)11-20-21-19(24)14-9-7-13(2)8-10-14/h4-11H,3,12H2,1-2H3,(H,21,24)(H,22,23)/b20-11+. The first-order chi connectivity index (χ1) is 12.5. The Kier molecular flexibility index (Phi) is 6.73. The predicted molar refractivity (Wildman–Crippen MR) is 97.0 cm³/mol. The molecule has 2 N–H and O–H groups in total. The van der Waals surface area contributed by atoms with Crippen molar-refractivity contribution >= 4 is 18.1 Å². The maximum absolute atomic E-state index is 12.1. The van der Waals surface area contributed by atoms with Crippen molar-refractivity contribution in [2.24, 2.45) is 5.10 Å². The van der Waals surface area contributed by atoms with Crippen molar-refractivity contribution in [1.29, 1.82) is 0 Å². The van der Waals surface area contributed by atoms with E-state index < -0.39 is 12.6 Å². The molecule has 136 valence electrons. The van der Waals surface area contributed by atoms with E-state index >= 15 is 0 Å². The number of para-hydroxylation sites is 1. The average Bonchev–Trinajstić information content (AvgIpc) is 2.61. The van der Waals surface area contributed by atoms with Crippen molar-refractivity contribution in [2.45, 2.75) is 13.8 Å². The lowest BCUT2D eigenvalue weighted by molar-refractivity contribution is -0.139. The summed E-state index contributed by atoms with van der Waals surface area (Å²) in [5.41, 5.74) is 4.45. The summed E-state index contributed by atoms with van der Waals surface area (Å²) in [4.78, 5) is 22.8. The second-order valence-corrected chi connectivity index (χ2v) is 5.36. The Labute approximate surface area is 151 Å². The molecule has 1 amide bonds. The van der Waals surface area contributed by atoms with Gasteiger partial charge in [0.05, 0.1) is 12.8 Å². The zero-order valence-corrected chi connectivity index (χ0v) is 14.6. The number of nitrogens with one attached hydrogen (secondary N) is 1. The molecule has 7 nitrogen and oxygen atoms in total. The van der Waals surface area contributed by atoms with E-state index in [9.17, 15) is 9.59 Å². The van der Waals surface area contributed by atoms with E-state index in [-0.39, 0.29) is 11.7 Å². The van der Waals surface area contributed by atoms with Crippen molar-refractivity contribution in [1.82, 2.24) is 5.43 Å². The monoisotopic (exact) mass is 356 g/mol. The maximum atomic E-state index is 12.1. The van der Waals surface area contributed by atoms with E-state index in [2.05, 4.69) is 10.5 Å². The van der Waals surface area contributed by atoms with Crippen LogP contribution in [0, 0.1) is 6.92 Å². The van der Waals surface area contributed by atoms with Crippen molar-refractivity contribution < 1.29 is 24.2 Å². The number of ether oxygens (including phenoxy) is 2. The first kappa shape index (κ1) is 19.0. The zero-order valence-electron chi connectivity index (χ0n) is 14.6. The molecule has 7 heteroatoms. The van der Waals surface area contributed by atoms with Gasteiger partial charge in [-0.3, -0.25) is 4.79 Å². The number of aryl methyl sites for hydroxylation is 1. The molecule has 0 aliphatic carbocycles. The molecule has 26 heavy (non-hydrogen) atoms. The van der Waals surface area contributed by atoms with E-state index in [0.29, 0.717) is 23.5 Å². The first-order valence-corrected chi connectivity index (χ1v) is 8.01. The Balaban J connectivity index is 2.14. The number of carboxylic acids is 1. The fourth-order valence-corrected chi connectivity index (χ4v) is 2.12. The van der Waals surface area contributed by atoms with Crippen molar-refractivity contribution in [2.75, 3.05) is 13.2 Å². The number of benzene rings is 2. The Morgan fingerprint density at radius 1 is 1.15 bits per heavy atom. The van der Waals surface area contributed by atoms with Crippen LogP contribution in [0.3, 0.4) is 0 Å². The Morgan fingerprint density at radius 3 is 2.54 bits per heavy atom. The number of nitrogens with zero attached hydrogens (tertiary/aromatic N) is 1. The van der Waals surface area contributed by atoms with Crippen LogP contribution in [0.2, 0.25) is 0 Å². The van der Waals surface area contributed by atoms with Gasteiger partial charge in [0.2, 0.25) is 0 Å². The number of hydrogen-bond donors (Lipinski definition) is 2. The molecule has 0 atom stereocenters. The lowest BCUT2D eigenvalue weighted by Crippen LogP contribution is -2.17. The third-order valence-electron chi connectivity index (χ3n) is 3.33. The van der Waals surface area contributed by atoms with Gasteiger partial charge in [0.1, 0.15) is 0 Å². The Morgan fingerprint density at radius 2 is 1.88 bits per heavy atom. The Bertz CT molecular complexity index is 800. The smallest absolute Gasteiger partial charge is 0.341 e. The number of carbonyl (C=O) groups is 2. The summed E-state index contributed by atoms with van der Waals surface area (Å²) in [6, 6.07) is 12.2. The zero-order chi connectivity index (χ0) is 18.9. The number of hydrazone groups is 1. The number of amides is 1. The van der Waals surface area contributed by atoms with Crippen LogP contribution in [0.15, 0.2) is 47.6 Å². The molecular formula is C19H20N2O5. The van der Waals surface area contributed by atoms with Gasteiger partial charge < -0.3 is 14.6 Å². The SMILES string of the molecule is CCOc1cccc(/C=N/NC(=O)c2ccc(C)cc2)c1OCC(=O)O. The lowest BCUT2D eigenvalue weighted by atomic mass is 10.1. The van der Waals surface area contributed by atoms with Crippen LogP contribution in [-0.4, -0.2) is 36.4 Å². The van der Waals surface area contributed by atoms with E-state index in [1.54, 1.807) is 30.3 Å². The van der Waals surface area contributed by atoms with Crippen molar-refractivity contribution in [3.05, 3.63) is 59.2 Å². The van der Waals surface area contributed by atoms with Crippen molar-refractivity contribution in [3.8, 4) is 11.5 Å². The van der Waals surface area contributed by atoms with Gasteiger partial charge in [-0.25, -0.2) is 10.2 Å². The second kappa shape index (κ2) is 9.22. The molecule has 2 rings (SSSR count). The number of aliphatic carboxylic acids is 1. The van der Waals surface area contributed by atoms with Crippen LogP contribution in [0.4, 0.5) is 0 Å². The molecule has 0 fully saturated rings. The largest absolute Gasteiger partial charge is 0.490 e. The molecule has 0 bridgehead atoms. The molecule has 0 heterocycles. The van der Waals surface area contributed by atoms with E-state index in [1.165, 1.54) is 6.21 Å². The van der Waals surface area contributed by atoms with Crippen molar-refractivity contribution in [3.63, 3.8) is 0 Å². The highest BCUT2D eigenvalue weighted by Crippen LogP contribution is 2.30. The molecule has 2 aromatic rings. The number of carboxylic acid groups (broad SMARTS) is 1. The maximum Gasteiger partial charge on any atom is 0.341 e. The van der Waals surface area contributed by atoms with Crippen LogP contribution in [-0.2, 0) is 4.79 Å². The number of hydrogen-bond acceptors (Lipinski definition) is 5. The summed E-state index contributed by atoms with van der Waals surface area (Å²) in [6.45, 7) is 3.63. The summed E-state index contributed by atoms with van der Waals surface area (Å²) in [5, 5.41) is 12.7. The van der Waals surface area contributed by atoms with Gasteiger partial charge in [-0.15, -0.1) is 0 Å². The summed E-state index contributed by atoms with van der Waals surface area (Å²) in [7, 11) is 0. The van der Waals surface area contributed by atoms with Crippen LogP contribution < -0.4 is 14.9 Å². The molecule has 0 saturated heterocycles. The minimum Gasteiger partial charge on any atom is -0.490 e. The van der Waals surface area contributed by atoms with Crippen LogP contribution in [0.25, 0.3) is 0 Å². The molecule has 0 aliphatic rings. The van der Waals surface area contributed by atoms with E-state index in [4.69, 9.17) is 14.6 Å². The van der Waals surface area contributed by atoms with Gasteiger partial charge >= 0.3 is 5.97 Å². The number of carbonyl (C=O) groups excluding carboxylic acids is 1. The first-order valence-electron chi connectivity index (χ1n) is 8.01. The molecule has 0 radical (unpaired) electrons. The summed E-state index contributed by atoms with van der Waals surface area (Å²) in [6.07, 6.45) is 1.38. The Hall–Kier alpha value is -3.35. The topological polar surface area (TPSA) is 97.2 Å². The quantitative estimate of drug-likeness (QED) is 0.560. The van der Waals surface area contributed by atoms with Gasteiger partial charge in [-0.05, 0) is 38.1 Å². The molecule has 0 aromatic heterocycles. The van der Waals surface area contributed by atoms with E-state index in [1.807, 2.05) is 26.0 Å². The summed E-state index contributed by atoms with van der Waals surface area (Å²) < 4.78 is 10.8. The fraction of sp³-hybridized carbons (Fsp3) is 0.211. The summed E-state index contributed by atoms with van der Waals surface area (Å²) in [5.74, 6) is -0.797. The minimum atomic E-state index is -1.10. The highest BCUT2D eigenvalue weighted by atomic mass is 16.5. The second-order valence-electron chi connectivity index (χ2n) is 5.36.